The van der Waals surface area contributed by atoms with E-state index in [0.717, 1.165) is 34.8 Å². The maximum absolute atomic E-state index is 12.9. The number of nitrogens with zero attached hydrogens (tertiary/aromatic N) is 2. The second kappa shape index (κ2) is 5.62. The van der Waals surface area contributed by atoms with E-state index in [2.05, 4.69) is 4.98 Å². The number of hydrogen-bond donors (Lipinski definition) is 1. The molecule has 0 amide bonds. The summed E-state index contributed by atoms with van der Waals surface area (Å²) in [5.74, 6) is 0.760. The second-order valence-corrected chi connectivity index (χ2v) is 7.72. The van der Waals surface area contributed by atoms with Crippen molar-refractivity contribution in [1.82, 2.24) is 9.55 Å². The Balaban J connectivity index is 2.07. The molecule has 1 N–H and O–H groups in total. The van der Waals surface area contributed by atoms with Crippen LogP contribution in [0.1, 0.15) is 45.2 Å². The van der Waals surface area contributed by atoms with Gasteiger partial charge in [-0.3, -0.25) is 4.98 Å². The van der Waals surface area contributed by atoms with Crippen LogP contribution in [-0.2, 0) is 4.74 Å². The predicted octanol–water partition coefficient (Wildman–Crippen LogP) is 4.56. The molecule has 0 spiro atoms. The summed E-state index contributed by atoms with van der Waals surface area (Å²) in [4.78, 5) is 17.5. The monoisotopic (exact) mass is 354 g/mol. The van der Waals surface area contributed by atoms with E-state index in [0.29, 0.717) is 17.2 Å². The first-order valence-corrected chi connectivity index (χ1v) is 8.73. The van der Waals surface area contributed by atoms with Crippen LogP contribution < -0.4 is 4.74 Å². The first kappa shape index (κ1) is 16.7. The zero-order chi connectivity index (χ0) is 18.6. The molecule has 3 aromatic rings. The highest BCUT2D eigenvalue weighted by Crippen LogP contribution is 2.46. The fourth-order valence-corrected chi connectivity index (χ4v) is 3.34. The highest BCUT2D eigenvalue weighted by molar-refractivity contribution is 6.14. The SMILES string of the molecule is COc1cc2c3c(C4CC4)nccc3n(C(=O)OC(C)(C)C)c2cc1O. The van der Waals surface area contributed by atoms with Gasteiger partial charge in [-0.05, 0) is 45.7 Å². The molecule has 0 radical (unpaired) electrons. The number of aromatic nitrogens is 2. The van der Waals surface area contributed by atoms with Crippen molar-refractivity contribution in [3.8, 4) is 11.5 Å². The second-order valence-electron chi connectivity index (χ2n) is 7.72. The quantitative estimate of drug-likeness (QED) is 0.730. The van der Waals surface area contributed by atoms with Crippen molar-refractivity contribution in [1.29, 1.82) is 0 Å². The van der Waals surface area contributed by atoms with Gasteiger partial charge in [0.1, 0.15) is 5.60 Å². The number of hydrogen-bond acceptors (Lipinski definition) is 5. The molecule has 1 aromatic carbocycles. The van der Waals surface area contributed by atoms with Gasteiger partial charge in [-0.25, -0.2) is 9.36 Å². The lowest BCUT2D eigenvalue weighted by atomic mass is 10.1. The summed E-state index contributed by atoms with van der Waals surface area (Å²) < 4.78 is 12.4. The number of phenolic OH excluding ortho intramolecular Hbond substituents is 1. The van der Waals surface area contributed by atoms with Crippen LogP contribution in [0.3, 0.4) is 0 Å². The smallest absolute Gasteiger partial charge is 0.419 e. The molecular formula is C20H22N2O4. The van der Waals surface area contributed by atoms with Crippen LogP contribution in [0.5, 0.6) is 11.5 Å². The van der Waals surface area contributed by atoms with Crippen molar-refractivity contribution < 1.29 is 19.4 Å². The lowest BCUT2D eigenvalue weighted by Crippen LogP contribution is -2.27. The molecule has 26 heavy (non-hydrogen) atoms. The summed E-state index contributed by atoms with van der Waals surface area (Å²) in [6, 6.07) is 5.13. The highest BCUT2D eigenvalue weighted by Gasteiger charge is 2.31. The number of carbonyl (C=O) groups excluding carboxylic acids is 1. The number of methoxy groups -OCH3 is 1. The van der Waals surface area contributed by atoms with Crippen molar-refractivity contribution in [2.75, 3.05) is 7.11 Å². The van der Waals surface area contributed by atoms with E-state index in [-0.39, 0.29) is 5.75 Å². The zero-order valence-electron chi connectivity index (χ0n) is 15.4. The molecule has 0 aliphatic heterocycles. The van der Waals surface area contributed by atoms with Crippen LogP contribution >= 0.6 is 0 Å². The number of benzene rings is 1. The zero-order valence-corrected chi connectivity index (χ0v) is 15.4. The molecule has 1 aliphatic carbocycles. The van der Waals surface area contributed by atoms with E-state index >= 15 is 0 Å². The van der Waals surface area contributed by atoms with Crippen molar-refractivity contribution in [3.63, 3.8) is 0 Å². The Kier molecular flexibility index (Phi) is 3.61. The maximum Gasteiger partial charge on any atom is 0.419 e. The molecule has 0 unspecified atom stereocenters. The Morgan fingerprint density at radius 3 is 2.62 bits per heavy atom. The third kappa shape index (κ3) is 2.66. The van der Waals surface area contributed by atoms with Gasteiger partial charge in [-0.1, -0.05) is 0 Å². The number of rotatable bonds is 2. The third-order valence-electron chi connectivity index (χ3n) is 4.55. The van der Waals surface area contributed by atoms with Crippen molar-refractivity contribution in [2.45, 2.75) is 45.1 Å². The molecule has 2 heterocycles. The van der Waals surface area contributed by atoms with Crippen LogP contribution in [0.4, 0.5) is 4.79 Å². The van der Waals surface area contributed by atoms with Gasteiger partial charge in [0.05, 0.1) is 23.8 Å². The van der Waals surface area contributed by atoms with Gasteiger partial charge >= 0.3 is 6.09 Å². The van der Waals surface area contributed by atoms with Crippen molar-refractivity contribution >= 4 is 27.9 Å². The summed E-state index contributed by atoms with van der Waals surface area (Å²) in [5.41, 5.74) is 1.68. The van der Waals surface area contributed by atoms with Gasteiger partial charge in [-0.15, -0.1) is 0 Å². The van der Waals surface area contributed by atoms with Crippen molar-refractivity contribution in [2.24, 2.45) is 0 Å². The van der Waals surface area contributed by atoms with E-state index in [1.165, 1.54) is 11.7 Å². The molecule has 1 fully saturated rings. The van der Waals surface area contributed by atoms with Crippen molar-refractivity contribution in [3.05, 3.63) is 30.1 Å². The number of pyridine rings is 1. The molecule has 0 atom stereocenters. The first-order valence-electron chi connectivity index (χ1n) is 8.73. The predicted molar refractivity (Wildman–Crippen MR) is 99.1 cm³/mol. The third-order valence-corrected chi connectivity index (χ3v) is 4.55. The molecule has 0 bridgehead atoms. The Labute approximate surface area is 151 Å². The Morgan fingerprint density at radius 2 is 2.00 bits per heavy atom. The van der Waals surface area contributed by atoms with Gasteiger partial charge in [0, 0.05) is 29.0 Å². The molecular weight excluding hydrogens is 332 g/mol. The maximum atomic E-state index is 12.9. The number of fused-ring (bicyclic) bond motifs is 3. The largest absolute Gasteiger partial charge is 0.504 e. The standard InChI is InChI=1S/C20H22N2O4/c1-20(2,3)26-19(24)22-13-7-8-21-18(11-5-6-11)17(13)12-9-16(25-4)15(23)10-14(12)22/h7-11,23H,5-6H2,1-4H3. The Bertz CT molecular complexity index is 1030. The molecule has 6 nitrogen and oxygen atoms in total. The average molecular weight is 354 g/mol. The molecule has 1 saturated carbocycles. The normalized spacial score (nSPS) is 14.8. The Hall–Kier alpha value is -2.76. The van der Waals surface area contributed by atoms with Crippen LogP contribution in [-0.4, -0.2) is 33.5 Å². The highest BCUT2D eigenvalue weighted by atomic mass is 16.6. The van der Waals surface area contributed by atoms with Gasteiger partial charge in [0.25, 0.3) is 0 Å². The number of aromatic hydroxyl groups is 1. The number of carbonyl (C=O) groups is 1. The molecule has 1 aliphatic rings. The molecule has 4 rings (SSSR count). The summed E-state index contributed by atoms with van der Waals surface area (Å²) >= 11 is 0. The molecule has 6 heteroatoms. The van der Waals surface area contributed by atoms with E-state index < -0.39 is 11.7 Å². The molecule has 2 aromatic heterocycles. The summed E-state index contributed by atoms with van der Waals surface area (Å²) in [5, 5.41) is 12.0. The molecule has 136 valence electrons. The minimum Gasteiger partial charge on any atom is -0.504 e. The topological polar surface area (TPSA) is 73.6 Å². The average Bonchev–Trinajstić information content (AvgIpc) is 3.34. The number of ether oxygens (including phenoxy) is 2. The first-order chi connectivity index (χ1) is 12.3. The Morgan fingerprint density at radius 1 is 1.27 bits per heavy atom. The summed E-state index contributed by atoms with van der Waals surface area (Å²) in [6.45, 7) is 5.49. The fraction of sp³-hybridized carbons (Fsp3) is 0.400. The van der Waals surface area contributed by atoms with Crippen LogP contribution in [0.15, 0.2) is 24.4 Å². The molecule has 0 saturated heterocycles. The van der Waals surface area contributed by atoms with Crippen LogP contribution in [0, 0.1) is 0 Å². The number of phenols is 1. The van der Waals surface area contributed by atoms with Gasteiger partial charge < -0.3 is 14.6 Å². The van der Waals surface area contributed by atoms with E-state index in [1.54, 1.807) is 18.3 Å². The van der Waals surface area contributed by atoms with E-state index in [1.807, 2.05) is 26.8 Å². The minimum absolute atomic E-state index is 0.0199. The van der Waals surface area contributed by atoms with E-state index in [4.69, 9.17) is 9.47 Å². The van der Waals surface area contributed by atoms with Crippen LogP contribution in [0.2, 0.25) is 0 Å². The lowest BCUT2D eigenvalue weighted by molar-refractivity contribution is 0.0551. The van der Waals surface area contributed by atoms with Gasteiger partial charge in [0.2, 0.25) is 0 Å². The van der Waals surface area contributed by atoms with Gasteiger partial charge in [-0.2, -0.15) is 0 Å². The van der Waals surface area contributed by atoms with Gasteiger partial charge in [0.15, 0.2) is 11.5 Å². The summed E-state index contributed by atoms with van der Waals surface area (Å²) in [6.07, 6.45) is 3.45. The minimum atomic E-state index is -0.624. The van der Waals surface area contributed by atoms with E-state index in [9.17, 15) is 9.90 Å². The summed E-state index contributed by atoms with van der Waals surface area (Å²) in [7, 11) is 1.51. The lowest BCUT2D eigenvalue weighted by Gasteiger charge is -2.20. The fourth-order valence-electron chi connectivity index (χ4n) is 3.34. The van der Waals surface area contributed by atoms with Crippen LogP contribution in [0.25, 0.3) is 21.8 Å².